The molecule has 4 nitrogen and oxygen atoms in total. The summed E-state index contributed by atoms with van der Waals surface area (Å²) >= 11 is 1.39. The Morgan fingerprint density at radius 2 is 1.74 bits per heavy atom. The molecular weight excluding hydrogens is 356 g/mol. The quantitative estimate of drug-likeness (QED) is 0.604. The van der Waals surface area contributed by atoms with E-state index in [-0.39, 0.29) is 17.6 Å². The van der Waals surface area contributed by atoms with Gasteiger partial charge in [0.15, 0.2) is 10.9 Å². The van der Waals surface area contributed by atoms with Crippen LogP contribution in [0.1, 0.15) is 48.2 Å². The van der Waals surface area contributed by atoms with E-state index in [0.29, 0.717) is 10.7 Å². The van der Waals surface area contributed by atoms with Crippen LogP contribution in [0.3, 0.4) is 0 Å². The highest BCUT2D eigenvalue weighted by Gasteiger charge is 2.39. The molecule has 1 heterocycles. The molecule has 3 rings (SSSR count). The molecule has 0 aliphatic carbocycles. The molecule has 0 saturated heterocycles. The Hall–Kier alpha value is -2.79. The van der Waals surface area contributed by atoms with Gasteiger partial charge >= 0.3 is 0 Å². The van der Waals surface area contributed by atoms with E-state index >= 15 is 0 Å². The third-order valence-corrected chi connectivity index (χ3v) is 5.41. The molecular formula is C22H22N2O2S. The summed E-state index contributed by atoms with van der Waals surface area (Å²) in [5, 5.41) is 5.33. The maximum atomic E-state index is 13.1. The van der Waals surface area contributed by atoms with Crippen molar-refractivity contribution in [1.82, 2.24) is 4.98 Å². The minimum atomic E-state index is -0.761. The maximum absolute atomic E-state index is 13.1. The van der Waals surface area contributed by atoms with Crippen LogP contribution in [-0.4, -0.2) is 16.7 Å². The van der Waals surface area contributed by atoms with E-state index in [1.165, 1.54) is 11.3 Å². The molecule has 1 amide bonds. The normalized spacial score (nSPS) is 12.4. The van der Waals surface area contributed by atoms with Crippen LogP contribution >= 0.6 is 11.3 Å². The molecule has 0 bridgehead atoms. The van der Waals surface area contributed by atoms with Crippen molar-refractivity contribution in [3.05, 3.63) is 82.9 Å². The van der Waals surface area contributed by atoms with Gasteiger partial charge in [0.25, 0.3) is 0 Å². The molecule has 0 aliphatic rings. The lowest BCUT2D eigenvalue weighted by Crippen LogP contribution is -2.37. The smallest absolute Gasteiger partial charge is 0.232 e. The third kappa shape index (κ3) is 4.14. The Morgan fingerprint density at radius 3 is 2.37 bits per heavy atom. The predicted molar refractivity (Wildman–Crippen MR) is 109 cm³/mol. The van der Waals surface area contributed by atoms with Crippen molar-refractivity contribution >= 4 is 28.2 Å². The van der Waals surface area contributed by atoms with Gasteiger partial charge in [-0.05, 0) is 24.1 Å². The minimum absolute atomic E-state index is 0.00806. The molecule has 0 radical (unpaired) electrons. The summed E-state index contributed by atoms with van der Waals surface area (Å²) in [6.07, 6.45) is 1.66. The Bertz CT molecular complexity index is 934. The second kappa shape index (κ2) is 7.84. The van der Waals surface area contributed by atoms with Crippen LogP contribution in [0.25, 0.3) is 0 Å². The fourth-order valence-electron chi connectivity index (χ4n) is 3.28. The van der Waals surface area contributed by atoms with E-state index < -0.39 is 5.41 Å². The van der Waals surface area contributed by atoms with Gasteiger partial charge in [-0.25, -0.2) is 4.98 Å². The number of nitrogens with zero attached hydrogens (tertiary/aromatic N) is 1. The molecule has 138 valence electrons. The van der Waals surface area contributed by atoms with Gasteiger partial charge in [-0.2, -0.15) is 0 Å². The zero-order chi connectivity index (χ0) is 19.4. The molecule has 27 heavy (non-hydrogen) atoms. The molecule has 5 heteroatoms. The van der Waals surface area contributed by atoms with Crippen molar-refractivity contribution in [2.24, 2.45) is 5.41 Å². The largest absolute Gasteiger partial charge is 0.301 e. The number of carbonyl (C=O) groups is 2. The van der Waals surface area contributed by atoms with Gasteiger partial charge in [0, 0.05) is 23.1 Å². The van der Waals surface area contributed by atoms with Crippen molar-refractivity contribution in [1.29, 1.82) is 0 Å². The number of Topliss-reactive ketones (excluding diaryl/α,β-unsaturated/α-hetero) is 1. The SMILES string of the molecule is CC(=O)c1cccc(C(c2ccccc2)C(C)(C)C(=O)Nc2nccs2)c1. The monoisotopic (exact) mass is 378 g/mol. The van der Waals surface area contributed by atoms with E-state index in [2.05, 4.69) is 10.3 Å². The fourth-order valence-corrected chi connectivity index (χ4v) is 3.81. The van der Waals surface area contributed by atoms with E-state index in [1.54, 1.807) is 19.2 Å². The standard InChI is InChI=1S/C22H22N2O2S/c1-15(25)17-10-7-11-18(14-17)19(16-8-5-4-6-9-16)22(2,3)20(26)24-21-23-12-13-27-21/h4-14,19H,1-3H3,(H,23,24,26). The highest BCUT2D eigenvalue weighted by atomic mass is 32.1. The van der Waals surface area contributed by atoms with Crippen LogP contribution in [0.15, 0.2) is 66.2 Å². The van der Waals surface area contributed by atoms with Crippen molar-refractivity contribution < 1.29 is 9.59 Å². The summed E-state index contributed by atoms with van der Waals surface area (Å²) in [6, 6.07) is 17.5. The van der Waals surface area contributed by atoms with Crippen LogP contribution < -0.4 is 5.32 Å². The Morgan fingerprint density at radius 1 is 1.04 bits per heavy atom. The van der Waals surface area contributed by atoms with Crippen LogP contribution in [0.5, 0.6) is 0 Å². The average molecular weight is 378 g/mol. The lowest BCUT2D eigenvalue weighted by atomic mass is 9.70. The molecule has 1 atom stereocenters. The second-order valence-corrected chi connectivity index (χ2v) is 7.93. The Labute approximate surface area is 163 Å². The van der Waals surface area contributed by atoms with E-state index in [9.17, 15) is 9.59 Å². The summed E-state index contributed by atoms with van der Waals surface area (Å²) in [5.74, 6) is -0.314. The van der Waals surface area contributed by atoms with Gasteiger partial charge in [0.1, 0.15) is 0 Å². The summed E-state index contributed by atoms with van der Waals surface area (Å²) in [4.78, 5) is 29.1. The third-order valence-electron chi connectivity index (χ3n) is 4.72. The van der Waals surface area contributed by atoms with Crippen LogP contribution in [0.2, 0.25) is 0 Å². The molecule has 0 fully saturated rings. The number of thiazole rings is 1. The topological polar surface area (TPSA) is 59.1 Å². The van der Waals surface area contributed by atoms with Crippen molar-refractivity contribution in [2.45, 2.75) is 26.7 Å². The van der Waals surface area contributed by atoms with Gasteiger partial charge in [-0.3, -0.25) is 9.59 Å². The number of rotatable bonds is 6. The molecule has 1 N–H and O–H groups in total. The van der Waals surface area contributed by atoms with Crippen molar-refractivity contribution in [3.63, 3.8) is 0 Å². The second-order valence-electron chi connectivity index (χ2n) is 7.04. The molecule has 1 unspecified atom stereocenters. The lowest BCUT2D eigenvalue weighted by molar-refractivity contribution is -0.124. The molecule has 2 aromatic carbocycles. The summed E-state index contributed by atoms with van der Waals surface area (Å²) in [5.41, 5.74) is 1.85. The molecule has 0 spiro atoms. The van der Waals surface area contributed by atoms with Gasteiger partial charge < -0.3 is 5.32 Å². The van der Waals surface area contributed by atoms with Gasteiger partial charge in [0.05, 0.1) is 5.41 Å². The van der Waals surface area contributed by atoms with Crippen LogP contribution in [0.4, 0.5) is 5.13 Å². The number of anilines is 1. The van der Waals surface area contributed by atoms with Crippen LogP contribution in [-0.2, 0) is 4.79 Å². The molecule has 1 aromatic heterocycles. The summed E-state index contributed by atoms with van der Waals surface area (Å²) in [6.45, 7) is 5.40. The van der Waals surface area contributed by atoms with Gasteiger partial charge in [-0.1, -0.05) is 62.4 Å². The lowest BCUT2D eigenvalue weighted by Gasteiger charge is -2.34. The van der Waals surface area contributed by atoms with E-state index in [4.69, 9.17) is 0 Å². The Kier molecular flexibility index (Phi) is 5.51. The summed E-state index contributed by atoms with van der Waals surface area (Å²) < 4.78 is 0. The number of ketones is 1. The first kappa shape index (κ1) is 19.0. The number of amides is 1. The number of hydrogen-bond donors (Lipinski definition) is 1. The van der Waals surface area contributed by atoms with Gasteiger partial charge in [-0.15, -0.1) is 11.3 Å². The first-order valence-corrected chi connectivity index (χ1v) is 9.64. The fraction of sp³-hybridized carbons (Fsp3) is 0.227. The van der Waals surface area contributed by atoms with E-state index in [0.717, 1.165) is 11.1 Å². The number of carbonyl (C=O) groups excluding carboxylic acids is 2. The Balaban J connectivity index is 2.05. The van der Waals surface area contributed by atoms with Crippen molar-refractivity contribution in [3.8, 4) is 0 Å². The average Bonchev–Trinajstić information content (AvgIpc) is 3.16. The zero-order valence-corrected chi connectivity index (χ0v) is 16.4. The first-order valence-electron chi connectivity index (χ1n) is 8.76. The predicted octanol–water partition coefficient (Wildman–Crippen LogP) is 5.14. The van der Waals surface area contributed by atoms with Crippen molar-refractivity contribution in [2.75, 3.05) is 5.32 Å². The first-order chi connectivity index (χ1) is 12.9. The number of benzene rings is 2. The molecule has 0 saturated carbocycles. The highest BCUT2D eigenvalue weighted by Crippen LogP contribution is 2.42. The number of nitrogens with one attached hydrogen (secondary N) is 1. The molecule has 0 aliphatic heterocycles. The minimum Gasteiger partial charge on any atom is -0.301 e. The van der Waals surface area contributed by atoms with E-state index in [1.807, 2.05) is 67.8 Å². The number of hydrogen-bond acceptors (Lipinski definition) is 4. The maximum Gasteiger partial charge on any atom is 0.232 e. The van der Waals surface area contributed by atoms with Gasteiger partial charge in [0.2, 0.25) is 5.91 Å². The highest BCUT2D eigenvalue weighted by molar-refractivity contribution is 7.13. The molecule has 3 aromatic rings. The van der Waals surface area contributed by atoms with Crippen LogP contribution in [0, 0.1) is 5.41 Å². The summed E-state index contributed by atoms with van der Waals surface area (Å²) in [7, 11) is 0. The number of aromatic nitrogens is 1. The zero-order valence-electron chi connectivity index (χ0n) is 15.6.